The molecule has 2 unspecified atom stereocenters. The first kappa shape index (κ1) is 22.3. The molecule has 0 amide bonds. The fourth-order valence-corrected chi connectivity index (χ4v) is 3.96. The molecule has 1 heterocycles. The molecule has 1 aliphatic rings. The lowest BCUT2D eigenvalue weighted by atomic mass is 9.81. The van der Waals surface area contributed by atoms with E-state index in [0.29, 0.717) is 12.4 Å². The molecule has 0 aliphatic heterocycles. The second kappa shape index (κ2) is 11.1. The summed E-state index contributed by atoms with van der Waals surface area (Å²) in [5.74, 6) is 2.72. The summed E-state index contributed by atoms with van der Waals surface area (Å²) in [4.78, 5) is 21.2. The Labute approximate surface area is 180 Å². The SMILES string of the molecule is CCCCCOC(=O)Oc1ccc(-c2ncc3c(n2)CCC(CC(C)CC)C3)cc1. The molecule has 1 aromatic heterocycles. The minimum absolute atomic E-state index is 0.395. The predicted molar refractivity (Wildman–Crippen MR) is 119 cm³/mol. The van der Waals surface area contributed by atoms with Crippen molar-refractivity contribution in [2.75, 3.05) is 6.61 Å². The van der Waals surface area contributed by atoms with Crippen LogP contribution in [0.3, 0.4) is 0 Å². The van der Waals surface area contributed by atoms with Gasteiger partial charge in [-0.2, -0.15) is 0 Å². The van der Waals surface area contributed by atoms with Gasteiger partial charge in [0.15, 0.2) is 5.82 Å². The zero-order valence-corrected chi connectivity index (χ0v) is 18.5. The van der Waals surface area contributed by atoms with E-state index in [4.69, 9.17) is 14.5 Å². The van der Waals surface area contributed by atoms with E-state index < -0.39 is 6.16 Å². The Balaban J connectivity index is 1.57. The van der Waals surface area contributed by atoms with E-state index in [0.717, 1.165) is 55.3 Å². The van der Waals surface area contributed by atoms with Gasteiger partial charge in [-0.15, -0.1) is 0 Å². The summed E-state index contributed by atoms with van der Waals surface area (Å²) in [7, 11) is 0. The van der Waals surface area contributed by atoms with Crippen molar-refractivity contribution in [3.05, 3.63) is 41.7 Å². The van der Waals surface area contributed by atoms with Gasteiger partial charge < -0.3 is 9.47 Å². The van der Waals surface area contributed by atoms with E-state index in [1.54, 1.807) is 12.1 Å². The normalized spacial score (nSPS) is 16.6. The van der Waals surface area contributed by atoms with Gasteiger partial charge in [-0.3, -0.25) is 0 Å². The van der Waals surface area contributed by atoms with Crippen molar-refractivity contribution in [3.8, 4) is 17.1 Å². The predicted octanol–water partition coefficient (Wildman–Crippen LogP) is 6.39. The second-order valence-electron chi connectivity index (χ2n) is 8.46. The zero-order valence-electron chi connectivity index (χ0n) is 18.5. The summed E-state index contributed by atoms with van der Waals surface area (Å²) in [6, 6.07) is 7.28. The molecule has 0 spiro atoms. The Morgan fingerprint density at radius 2 is 2.00 bits per heavy atom. The molecule has 3 rings (SSSR count). The number of fused-ring (bicyclic) bond motifs is 1. The van der Waals surface area contributed by atoms with Crippen molar-refractivity contribution in [1.29, 1.82) is 0 Å². The number of carbonyl (C=O) groups excluding carboxylic acids is 1. The standard InChI is InChI=1S/C25H34N2O3/c1-4-6-7-14-29-25(28)30-22-11-9-20(10-12-22)24-26-17-21-16-19(15-18(3)5-2)8-13-23(21)27-24/h9-12,17-19H,4-8,13-16H2,1-3H3. The van der Waals surface area contributed by atoms with Gasteiger partial charge in [0.1, 0.15) is 5.75 Å². The molecule has 0 fully saturated rings. The highest BCUT2D eigenvalue weighted by atomic mass is 16.7. The van der Waals surface area contributed by atoms with Gasteiger partial charge in [0.25, 0.3) is 0 Å². The maximum absolute atomic E-state index is 11.7. The maximum Gasteiger partial charge on any atom is 0.513 e. The van der Waals surface area contributed by atoms with Crippen molar-refractivity contribution in [2.45, 2.75) is 72.1 Å². The van der Waals surface area contributed by atoms with Crippen LogP contribution in [-0.4, -0.2) is 22.7 Å². The molecule has 2 atom stereocenters. The van der Waals surface area contributed by atoms with Crippen LogP contribution < -0.4 is 4.74 Å². The van der Waals surface area contributed by atoms with Crippen molar-refractivity contribution < 1.29 is 14.3 Å². The molecule has 0 N–H and O–H groups in total. The van der Waals surface area contributed by atoms with E-state index >= 15 is 0 Å². The number of ether oxygens (including phenoxy) is 2. The van der Waals surface area contributed by atoms with Gasteiger partial charge in [-0.25, -0.2) is 14.8 Å². The third-order valence-corrected chi connectivity index (χ3v) is 5.97. The topological polar surface area (TPSA) is 61.3 Å². The monoisotopic (exact) mass is 410 g/mol. The van der Waals surface area contributed by atoms with Gasteiger partial charge in [0, 0.05) is 17.5 Å². The fourth-order valence-electron chi connectivity index (χ4n) is 3.96. The van der Waals surface area contributed by atoms with E-state index in [9.17, 15) is 4.79 Å². The Morgan fingerprint density at radius 1 is 1.20 bits per heavy atom. The van der Waals surface area contributed by atoms with Gasteiger partial charge in [0.05, 0.1) is 6.61 Å². The third kappa shape index (κ3) is 6.28. The summed E-state index contributed by atoms with van der Waals surface area (Å²) in [5, 5.41) is 0. The van der Waals surface area contributed by atoms with Gasteiger partial charge in [0.2, 0.25) is 0 Å². The molecule has 5 heteroatoms. The van der Waals surface area contributed by atoms with Crippen LogP contribution in [0.15, 0.2) is 30.5 Å². The van der Waals surface area contributed by atoms with E-state index in [1.165, 1.54) is 30.5 Å². The lowest BCUT2D eigenvalue weighted by Gasteiger charge is -2.26. The number of carbonyl (C=O) groups is 1. The molecule has 5 nitrogen and oxygen atoms in total. The van der Waals surface area contributed by atoms with Crippen LogP contribution in [0.2, 0.25) is 0 Å². The minimum atomic E-state index is -0.657. The summed E-state index contributed by atoms with van der Waals surface area (Å²) in [6.45, 7) is 7.11. The minimum Gasteiger partial charge on any atom is -0.434 e. The Morgan fingerprint density at radius 3 is 2.73 bits per heavy atom. The molecule has 0 bridgehead atoms. The second-order valence-corrected chi connectivity index (χ2v) is 8.46. The molecule has 2 aromatic rings. The molecular weight excluding hydrogens is 376 g/mol. The number of aryl methyl sites for hydroxylation is 1. The maximum atomic E-state index is 11.7. The first-order valence-electron chi connectivity index (χ1n) is 11.4. The van der Waals surface area contributed by atoms with Crippen LogP contribution in [-0.2, 0) is 17.6 Å². The number of hydrogen-bond donors (Lipinski definition) is 0. The molecule has 0 saturated carbocycles. The highest BCUT2D eigenvalue weighted by Gasteiger charge is 2.22. The molecule has 1 aromatic carbocycles. The van der Waals surface area contributed by atoms with Crippen molar-refractivity contribution >= 4 is 6.16 Å². The molecule has 0 saturated heterocycles. The van der Waals surface area contributed by atoms with E-state index in [2.05, 4.69) is 25.8 Å². The average Bonchev–Trinajstić information content (AvgIpc) is 2.77. The lowest BCUT2D eigenvalue weighted by Crippen LogP contribution is -2.18. The van der Waals surface area contributed by atoms with Crippen LogP contribution in [0.4, 0.5) is 4.79 Å². The first-order valence-corrected chi connectivity index (χ1v) is 11.4. The highest BCUT2D eigenvalue weighted by Crippen LogP contribution is 2.30. The van der Waals surface area contributed by atoms with Crippen LogP contribution in [0.5, 0.6) is 5.75 Å². The fraction of sp³-hybridized carbons (Fsp3) is 0.560. The van der Waals surface area contributed by atoms with E-state index in [1.807, 2.05) is 18.3 Å². The van der Waals surface area contributed by atoms with Crippen molar-refractivity contribution in [3.63, 3.8) is 0 Å². The van der Waals surface area contributed by atoms with Gasteiger partial charge in [-0.1, -0.05) is 40.0 Å². The number of benzene rings is 1. The number of hydrogen-bond acceptors (Lipinski definition) is 5. The summed E-state index contributed by atoms with van der Waals surface area (Å²) >= 11 is 0. The van der Waals surface area contributed by atoms with Crippen LogP contribution in [0.25, 0.3) is 11.4 Å². The molecule has 0 radical (unpaired) electrons. The quantitative estimate of drug-likeness (QED) is 0.272. The van der Waals surface area contributed by atoms with Crippen LogP contribution in [0.1, 0.15) is 70.6 Å². The third-order valence-electron chi connectivity index (χ3n) is 5.97. The lowest BCUT2D eigenvalue weighted by molar-refractivity contribution is 0.0974. The molecular formula is C25H34N2O3. The molecule has 1 aliphatic carbocycles. The number of unbranched alkanes of at least 4 members (excludes halogenated alkanes) is 2. The molecule has 30 heavy (non-hydrogen) atoms. The van der Waals surface area contributed by atoms with Gasteiger partial charge in [-0.05, 0) is 73.8 Å². The smallest absolute Gasteiger partial charge is 0.434 e. The van der Waals surface area contributed by atoms with Crippen molar-refractivity contribution in [1.82, 2.24) is 9.97 Å². The largest absolute Gasteiger partial charge is 0.513 e. The van der Waals surface area contributed by atoms with Crippen LogP contribution >= 0.6 is 0 Å². The van der Waals surface area contributed by atoms with Crippen LogP contribution in [0, 0.1) is 11.8 Å². The zero-order chi connectivity index (χ0) is 21.3. The Hall–Kier alpha value is -2.43. The summed E-state index contributed by atoms with van der Waals surface area (Å²) in [5.41, 5.74) is 3.39. The average molecular weight is 411 g/mol. The van der Waals surface area contributed by atoms with Crippen molar-refractivity contribution in [2.24, 2.45) is 11.8 Å². The summed E-state index contributed by atoms with van der Waals surface area (Å²) in [6.07, 6.45) is 10.2. The molecule has 162 valence electrons. The Kier molecular flexibility index (Phi) is 8.23. The number of rotatable bonds is 9. The highest BCUT2D eigenvalue weighted by molar-refractivity contribution is 5.65. The van der Waals surface area contributed by atoms with E-state index in [-0.39, 0.29) is 0 Å². The first-order chi connectivity index (χ1) is 14.6. The number of nitrogens with zero attached hydrogens (tertiary/aromatic N) is 2. The number of aromatic nitrogens is 2. The Bertz CT molecular complexity index is 820. The van der Waals surface area contributed by atoms with Gasteiger partial charge >= 0.3 is 6.16 Å². The summed E-state index contributed by atoms with van der Waals surface area (Å²) < 4.78 is 10.3.